The summed E-state index contributed by atoms with van der Waals surface area (Å²) in [5.41, 5.74) is 3.86. The predicted octanol–water partition coefficient (Wildman–Crippen LogP) is 4.35. The highest BCUT2D eigenvalue weighted by Crippen LogP contribution is 2.39. The summed E-state index contributed by atoms with van der Waals surface area (Å²) in [6.07, 6.45) is -0.0382. The van der Waals surface area contributed by atoms with E-state index in [2.05, 4.69) is 15.7 Å². The molecule has 0 bridgehead atoms. The van der Waals surface area contributed by atoms with E-state index in [4.69, 9.17) is 16.3 Å². The van der Waals surface area contributed by atoms with E-state index in [-0.39, 0.29) is 18.2 Å². The van der Waals surface area contributed by atoms with Crippen molar-refractivity contribution in [1.82, 2.24) is 9.78 Å². The average Bonchev–Trinajstić information content (AvgIpc) is 3.19. The summed E-state index contributed by atoms with van der Waals surface area (Å²) in [4.78, 5) is 25.3. The van der Waals surface area contributed by atoms with E-state index in [1.165, 1.54) is 0 Å². The van der Waals surface area contributed by atoms with E-state index in [1.807, 2.05) is 38.1 Å². The molecule has 2 heterocycles. The number of anilines is 2. The van der Waals surface area contributed by atoms with Gasteiger partial charge in [0.15, 0.2) is 0 Å². The zero-order valence-electron chi connectivity index (χ0n) is 16.8. The second-order valence-electron chi connectivity index (χ2n) is 7.16. The molecule has 1 aromatic heterocycles. The topological polar surface area (TPSA) is 85.2 Å². The summed E-state index contributed by atoms with van der Waals surface area (Å²) in [5.74, 6) is 0.746. The van der Waals surface area contributed by atoms with Crippen molar-refractivity contribution >= 4 is 34.9 Å². The van der Waals surface area contributed by atoms with Crippen molar-refractivity contribution in [2.45, 2.75) is 26.3 Å². The molecule has 3 aromatic rings. The molecule has 154 valence electrons. The Bertz CT molecular complexity index is 1160. The third-order valence-electron chi connectivity index (χ3n) is 5.20. The largest absolute Gasteiger partial charge is 0.497 e. The number of ether oxygens (including phenoxy) is 1. The number of nitrogens with zero attached hydrogens (tertiary/aromatic N) is 2. The van der Waals surface area contributed by atoms with Crippen LogP contribution in [0.1, 0.15) is 23.7 Å². The Labute approximate surface area is 179 Å². The zero-order chi connectivity index (χ0) is 21.4. The smallest absolute Gasteiger partial charge is 0.251 e. The van der Waals surface area contributed by atoms with Crippen LogP contribution in [-0.4, -0.2) is 28.7 Å². The van der Waals surface area contributed by atoms with Crippen LogP contribution in [0.15, 0.2) is 42.5 Å². The molecule has 0 saturated heterocycles. The van der Waals surface area contributed by atoms with Gasteiger partial charge in [-0.25, -0.2) is 4.68 Å². The summed E-state index contributed by atoms with van der Waals surface area (Å²) in [6.45, 7) is 3.70. The molecule has 8 heteroatoms. The molecule has 0 aliphatic carbocycles. The van der Waals surface area contributed by atoms with Crippen LogP contribution in [0.3, 0.4) is 0 Å². The number of aryl methyl sites for hydroxylation is 1. The Morgan fingerprint density at radius 3 is 2.80 bits per heavy atom. The minimum Gasteiger partial charge on any atom is -0.497 e. The van der Waals surface area contributed by atoms with Crippen molar-refractivity contribution in [2.75, 3.05) is 17.7 Å². The molecule has 1 aliphatic rings. The van der Waals surface area contributed by atoms with Crippen molar-refractivity contribution < 1.29 is 14.3 Å². The quantitative estimate of drug-likeness (QED) is 0.637. The lowest BCUT2D eigenvalue weighted by atomic mass is 10.1. The van der Waals surface area contributed by atoms with E-state index >= 15 is 0 Å². The molecule has 2 amide bonds. The molecule has 1 aliphatic heterocycles. The van der Waals surface area contributed by atoms with E-state index in [9.17, 15) is 9.59 Å². The molecule has 30 heavy (non-hydrogen) atoms. The van der Waals surface area contributed by atoms with Crippen molar-refractivity contribution in [1.29, 1.82) is 0 Å². The Morgan fingerprint density at radius 1 is 1.27 bits per heavy atom. The Balaban J connectivity index is 1.60. The van der Waals surface area contributed by atoms with Crippen LogP contribution in [-0.2, 0) is 9.59 Å². The summed E-state index contributed by atoms with van der Waals surface area (Å²) in [6, 6.07) is 12.1. The SMILES string of the molecule is COc1cccc(-c2c(C)nn3c2NC(=O)C3CC(=O)Nc2cccc(Cl)c2C)c1. The van der Waals surface area contributed by atoms with Crippen LogP contribution in [0.5, 0.6) is 5.75 Å². The highest BCUT2D eigenvalue weighted by Gasteiger charge is 2.36. The van der Waals surface area contributed by atoms with E-state index in [0.717, 1.165) is 22.4 Å². The van der Waals surface area contributed by atoms with Gasteiger partial charge in [0.1, 0.15) is 17.6 Å². The molecule has 7 nitrogen and oxygen atoms in total. The van der Waals surface area contributed by atoms with Gasteiger partial charge in [0.2, 0.25) is 5.91 Å². The molecule has 2 aromatic carbocycles. The van der Waals surface area contributed by atoms with Gasteiger partial charge in [0, 0.05) is 16.3 Å². The molecular formula is C22H21ClN4O3. The fourth-order valence-corrected chi connectivity index (χ4v) is 3.80. The van der Waals surface area contributed by atoms with Crippen LogP contribution in [0.4, 0.5) is 11.5 Å². The fourth-order valence-electron chi connectivity index (χ4n) is 3.63. The molecule has 4 rings (SSSR count). The molecular weight excluding hydrogens is 404 g/mol. The standard InChI is InChI=1S/C22H21ClN4O3/c1-12-16(23)8-5-9-17(12)24-19(28)11-18-22(29)25-21-20(13(2)26-27(18)21)14-6-4-7-15(10-14)30-3/h4-10,18H,11H2,1-3H3,(H,24,28)(H,25,29). The number of hydrogen-bond acceptors (Lipinski definition) is 4. The van der Waals surface area contributed by atoms with Crippen molar-refractivity contribution in [3.05, 3.63) is 58.7 Å². The number of fused-ring (bicyclic) bond motifs is 1. The number of rotatable bonds is 5. The first-order chi connectivity index (χ1) is 14.4. The van der Waals surface area contributed by atoms with Gasteiger partial charge >= 0.3 is 0 Å². The highest BCUT2D eigenvalue weighted by molar-refractivity contribution is 6.31. The number of carbonyl (C=O) groups is 2. The molecule has 0 fully saturated rings. The van der Waals surface area contributed by atoms with E-state index in [0.29, 0.717) is 22.3 Å². The lowest BCUT2D eigenvalue weighted by Gasteiger charge is -2.12. The maximum atomic E-state index is 12.6. The first-order valence-electron chi connectivity index (χ1n) is 9.48. The third kappa shape index (κ3) is 3.52. The highest BCUT2D eigenvalue weighted by atomic mass is 35.5. The number of benzene rings is 2. The van der Waals surface area contributed by atoms with E-state index < -0.39 is 6.04 Å². The minimum atomic E-state index is -0.724. The molecule has 0 spiro atoms. The van der Waals surface area contributed by atoms with E-state index in [1.54, 1.807) is 30.0 Å². The van der Waals surface area contributed by atoms with Gasteiger partial charge in [-0.2, -0.15) is 5.10 Å². The molecule has 0 saturated carbocycles. The second-order valence-corrected chi connectivity index (χ2v) is 7.56. The Morgan fingerprint density at radius 2 is 2.03 bits per heavy atom. The van der Waals surface area contributed by atoms with Gasteiger partial charge in [-0.05, 0) is 49.2 Å². The number of nitrogens with one attached hydrogen (secondary N) is 2. The van der Waals surface area contributed by atoms with Crippen LogP contribution in [0.25, 0.3) is 11.1 Å². The molecule has 0 radical (unpaired) electrons. The Hall–Kier alpha value is -3.32. The van der Waals surface area contributed by atoms with Crippen molar-refractivity contribution in [3.63, 3.8) is 0 Å². The lowest BCUT2D eigenvalue weighted by molar-refractivity contribution is -0.123. The van der Waals surface area contributed by atoms with Gasteiger partial charge in [0.25, 0.3) is 5.91 Å². The maximum absolute atomic E-state index is 12.6. The summed E-state index contributed by atoms with van der Waals surface area (Å²) >= 11 is 6.12. The number of aromatic nitrogens is 2. The number of amides is 2. The summed E-state index contributed by atoms with van der Waals surface area (Å²) in [7, 11) is 1.60. The van der Waals surface area contributed by atoms with Crippen LogP contribution < -0.4 is 15.4 Å². The number of halogens is 1. The van der Waals surface area contributed by atoms with Gasteiger partial charge < -0.3 is 15.4 Å². The number of methoxy groups -OCH3 is 1. The molecule has 1 atom stereocenters. The lowest BCUT2D eigenvalue weighted by Crippen LogP contribution is -2.24. The number of carbonyl (C=O) groups excluding carboxylic acids is 2. The minimum absolute atomic E-state index is 0.0382. The van der Waals surface area contributed by atoms with Crippen LogP contribution >= 0.6 is 11.6 Å². The number of hydrogen-bond donors (Lipinski definition) is 2. The monoisotopic (exact) mass is 424 g/mol. The van der Waals surface area contributed by atoms with Crippen LogP contribution in [0.2, 0.25) is 5.02 Å². The van der Waals surface area contributed by atoms with Gasteiger partial charge in [-0.1, -0.05) is 29.8 Å². The van der Waals surface area contributed by atoms with Crippen molar-refractivity contribution in [2.24, 2.45) is 0 Å². The van der Waals surface area contributed by atoms with Gasteiger partial charge in [-0.15, -0.1) is 0 Å². The normalized spacial score (nSPS) is 14.9. The first kappa shape index (κ1) is 20.0. The Kier molecular flexibility index (Phi) is 5.22. The first-order valence-corrected chi connectivity index (χ1v) is 9.86. The average molecular weight is 425 g/mol. The second kappa shape index (κ2) is 7.84. The third-order valence-corrected chi connectivity index (χ3v) is 5.61. The predicted molar refractivity (Wildman–Crippen MR) is 116 cm³/mol. The fraction of sp³-hybridized carbons (Fsp3) is 0.227. The summed E-state index contributed by atoms with van der Waals surface area (Å²) < 4.78 is 6.90. The molecule has 2 N–H and O–H groups in total. The molecule has 1 unspecified atom stereocenters. The van der Waals surface area contributed by atoms with Gasteiger partial charge in [-0.3, -0.25) is 9.59 Å². The zero-order valence-corrected chi connectivity index (χ0v) is 17.6. The van der Waals surface area contributed by atoms with Gasteiger partial charge in [0.05, 0.1) is 19.2 Å². The van der Waals surface area contributed by atoms with Crippen LogP contribution in [0, 0.1) is 13.8 Å². The van der Waals surface area contributed by atoms with Crippen molar-refractivity contribution in [3.8, 4) is 16.9 Å². The summed E-state index contributed by atoms with van der Waals surface area (Å²) in [5, 5.41) is 10.8. The maximum Gasteiger partial charge on any atom is 0.251 e.